The molecule has 1 aliphatic carbocycles. The number of rotatable bonds is 6. The van der Waals surface area contributed by atoms with Gasteiger partial charge in [0.05, 0.1) is 22.7 Å². The molecule has 0 unspecified atom stereocenters. The smallest absolute Gasteiger partial charge is 0.0991 e. The Balaban J connectivity index is 1.30. The summed E-state index contributed by atoms with van der Waals surface area (Å²) >= 11 is 0. The van der Waals surface area contributed by atoms with Gasteiger partial charge in [-0.15, -0.1) is 0 Å². The second kappa shape index (κ2) is 12.6. The molecule has 7 aromatic carbocycles. The zero-order valence-corrected chi connectivity index (χ0v) is 27.9. The van der Waals surface area contributed by atoms with Gasteiger partial charge in [0.15, 0.2) is 0 Å². The molecule has 1 aliphatic rings. The summed E-state index contributed by atoms with van der Waals surface area (Å²) < 4.78 is 0. The lowest BCUT2D eigenvalue weighted by Gasteiger charge is -2.34. The molecular weight excluding hydrogens is 617 g/mol. The van der Waals surface area contributed by atoms with Gasteiger partial charge in [-0.05, 0) is 103 Å². The lowest BCUT2D eigenvalue weighted by molar-refractivity contribution is 0.769. The molecular formula is C49H32N2. The Kier molecular flexibility index (Phi) is 7.46. The number of fused-ring (bicyclic) bond motifs is 3. The molecule has 51 heavy (non-hydrogen) atoms. The Bertz CT molecular complexity index is 2510. The number of nitrogens with zero attached hydrogens (tertiary/aromatic N) is 2. The quantitative estimate of drug-likeness (QED) is 0.180. The number of pyridine rings is 1. The average molecular weight is 649 g/mol. The van der Waals surface area contributed by atoms with Crippen molar-refractivity contribution >= 4 is 0 Å². The fourth-order valence-corrected chi connectivity index (χ4v) is 7.93. The van der Waals surface area contributed by atoms with Crippen LogP contribution in [0.4, 0.5) is 0 Å². The van der Waals surface area contributed by atoms with Crippen LogP contribution in [0.1, 0.15) is 27.8 Å². The predicted octanol–water partition coefficient (Wildman–Crippen LogP) is 12.0. The van der Waals surface area contributed by atoms with Crippen molar-refractivity contribution in [2.75, 3.05) is 0 Å². The summed E-state index contributed by atoms with van der Waals surface area (Å²) in [5.41, 5.74) is 16.5. The van der Waals surface area contributed by atoms with E-state index in [9.17, 15) is 5.26 Å². The van der Waals surface area contributed by atoms with Gasteiger partial charge in [0.1, 0.15) is 0 Å². The third kappa shape index (κ3) is 5.07. The van der Waals surface area contributed by atoms with E-state index in [1.54, 1.807) is 0 Å². The maximum Gasteiger partial charge on any atom is 0.0991 e. The highest BCUT2D eigenvalue weighted by Gasteiger charge is 2.46. The van der Waals surface area contributed by atoms with E-state index in [4.69, 9.17) is 0 Å². The van der Waals surface area contributed by atoms with E-state index in [1.807, 2.05) is 42.6 Å². The third-order valence-electron chi connectivity index (χ3n) is 10.3. The molecule has 0 atom stereocenters. The van der Waals surface area contributed by atoms with Gasteiger partial charge in [-0.2, -0.15) is 5.26 Å². The first kappa shape index (κ1) is 30.3. The number of aromatic nitrogens is 1. The minimum atomic E-state index is -0.498. The molecule has 1 aromatic heterocycles. The minimum Gasteiger partial charge on any atom is -0.256 e. The molecule has 0 spiro atoms. The summed E-state index contributed by atoms with van der Waals surface area (Å²) in [7, 11) is 0. The summed E-state index contributed by atoms with van der Waals surface area (Å²) in [5.74, 6) is 0. The SMILES string of the molecule is N#Cc1cccc(-c2ccc(-c3cc4c(cc3-c3ccc(-c5ccccn5)cc3)-c3ccccc3C4(c3ccccc3)c3ccccc3)cc2)c1. The van der Waals surface area contributed by atoms with Crippen LogP contribution in [0.5, 0.6) is 0 Å². The lowest BCUT2D eigenvalue weighted by atomic mass is 9.67. The Morgan fingerprint density at radius 2 is 0.980 bits per heavy atom. The van der Waals surface area contributed by atoms with Crippen molar-refractivity contribution in [1.82, 2.24) is 4.98 Å². The van der Waals surface area contributed by atoms with Crippen LogP contribution in [0.2, 0.25) is 0 Å². The summed E-state index contributed by atoms with van der Waals surface area (Å²) in [4.78, 5) is 4.59. The minimum absolute atomic E-state index is 0.498. The average Bonchev–Trinajstić information content (AvgIpc) is 3.51. The monoisotopic (exact) mass is 648 g/mol. The molecule has 0 saturated carbocycles. The van der Waals surface area contributed by atoms with Crippen molar-refractivity contribution in [3.05, 3.63) is 222 Å². The van der Waals surface area contributed by atoms with Gasteiger partial charge in [0.25, 0.3) is 0 Å². The molecule has 0 radical (unpaired) electrons. The molecule has 0 aliphatic heterocycles. The van der Waals surface area contributed by atoms with Crippen LogP contribution in [0.3, 0.4) is 0 Å². The van der Waals surface area contributed by atoms with Crippen molar-refractivity contribution in [3.63, 3.8) is 0 Å². The second-order valence-corrected chi connectivity index (χ2v) is 13.0. The largest absolute Gasteiger partial charge is 0.256 e. The van der Waals surface area contributed by atoms with E-state index in [0.717, 1.165) is 33.5 Å². The molecule has 0 amide bonds. The lowest BCUT2D eigenvalue weighted by Crippen LogP contribution is -2.28. The molecule has 0 bridgehead atoms. The first-order valence-corrected chi connectivity index (χ1v) is 17.3. The van der Waals surface area contributed by atoms with E-state index >= 15 is 0 Å². The molecule has 8 aromatic rings. The molecule has 0 N–H and O–H groups in total. The van der Waals surface area contributed by atoms with E-state index in [2.05, 4.69) is 163 Å². The van der Waals surface area contributed by atoms with E-state index in [1.165, 1.54) is 44.5 Å². The Morgan fingerprint density at radius 3 is 1.63 bits per heavy atom. The maximum absolute atomic E-state index is 9.52. The molecule has 238 valence electrons. The summed E-state index contributed by atoms with van der Waals surface area (Å²) in [6.45, 7) is 0. The second-order valence-electron chi connectivity index (χ2n) is 13.0. The molecule has 1 heterocycles. The van der Waals surface area contributed by atoms with Crippen molar-refractivity contribution in [2.45, 2.75) is 5.41 Å². The van der Waals surface area contributed by atoms with Gasteiger partial charge in [-0.1, -0.05) is 152 Å². The van der Waals surface area contributed by atoms with Crippen molar-refractivity contribution in [1.29, 1.82) is 5.26 Å². The van der Waals surface area contributed by atoms with Crippen LogP contribution >= 0.6 is 0 Å². The highest BCUT2D eigenvalue weighted by molar-refractivity contribution is 5.95. The molecule has 0 saturated heterocycles. The third-order valence-corrected chi connectivity index (χ3v) is 10.3. The highest BCUT2D eigenvalue weighted by atomic mass is 14.7. The van der Waals surface area contributed by atoms with Crippen molar-refractivity contribution < 1.29 is 0 Å². The van der Waals surface area contributed by atoms with E-state index in [0.29, 0.717) is 5.56 Å². The van der Waals surface area contributed by atoms with Crippen LogP contribution in [0, 0.1) is 11.3 Å². The standard InChI is InChI=1S/C49H32N2/c50-33-34-12-11-13-39(30-34)35-21-23-37(24-22-35)44-32-47-45(31-43(44)36-25-27-38(28-26-36)48-20-9-10-29-51-48)42-18-7-8-19-46(42)49(47,40-14-3-1-4-15-40)41-16-5-2-6-17-41/h1-32H. The van der Waals surface area contributed by atoms with Crippen LogP contribution in [-0.2, 0) is 5.41 Å². The van der Waals surface area contributed by atoms with E-state index in [-0.39, 0.29) is 0 Å². The molecule has 0 fully saturated rings. The Labute approximate surface area is 298 Å². The Hall–Kier alpha value is -6.82. The van der Waals surface area contributed by atoms with Gasteiger partial charge >= 0.3 is 0 Å². The van der Waals surface area contributed by atoms with Crippen LogP contribution < -0.4 is 0 Å². The molecule has 2 heteroatoms. The number of benzene rings is 7. The van der Waals surface area contributed by atoms with Crippen molar-refractivity contribution in [2.24, 2.45) is 0 Å². The number of nitriles is 1. The first-order valence-electron chi connectivity index (χ1n) is 17.3. The molecule has 9 rings (SSSR count). The van der Waals surface area contributed by atoms with Gasteiger partial charge in [0.2, 0.25) is 0 Å². The zero-order chi connectivity index (χ0) is 34.2. The first-order chi connectivity index (χ1) is 25.2. The fraction of sp³-hybridized carbons (Fsp3) is 0.0204. The highest BCUT2D eigenvalue weighted by Crippen LogP contribution is 2.58. The topological polar surface area (TPSA) is 36.7 Å². The summed E-state index contributed by atoms with van der Waals surface area (Å²) in [6.07, 6.45) is 1.84. The van der Waals surface area contributed by atoms with Gasteiger partial charge < -0.3 is 0 Å². The molecule has 2 nitrogen and oxygen atoms in total. The summed E-state index contributed by atoms with van der Waals surface area (Å²) in [5, 5.41) is 9.52. The fourth-order valence-electron chi connectivity index (χ4n) is 7.93. The van der Waals surface area contributed by atoms with Gasteiger partial charge in [0, 0.05) is 11.8 Å². The van der Waals surface area contributed by atoms with Crippen LogP contribution in [-0.4, -0.2) is 4.98 Å². The maximum atomic E-state index is 9.52. The predicted molar refractivity (Wildman–Crippen MR) is 208 cm³/mol. The van der Waals surface area contributed by atoms with Crippen molar-refractivity contribution in [3.8, 4) is 61.8 Å². The number of hydrogen-bond acceptors (Lipinski definition) is 2. The van der Waals surface area contributed by atoms with Crippen LogP contribution in [0.25, 0.3) is 55.8 Å². The Morgan fingerprint density at radius 1 is 0.392 bits per heavy atom. The van der Waals surface area contributed by atoms with Crippen LogP contribution in [0.15, 0.2) is 194 Å². The normalized spacial score (nSPS) is 12.5. The van der Waals surface area contributed by atoms with Gasteiger partial charge in [-0.3, -0.25) is 4.98 Å². The zero-order valence-electron chi connectivity index (χ0n) is 27.9. The van der Waals surface area contributed by atoms with E-state index < -0.39 is 5.41 Å². The van der Waals surface area contributed by atoms with Gasteiger partial charge in [-0.25, -0.2) is 0 Å². The summed E-state index contributed by atoms with van der Waals surface area (Å²) in [6, 6.07) is 69.3. The number of hydrogen-bond donors (Lipinski definition) is 0.